The first-order valence-corrected chi connectivity index (χ1v) is 13.0. The standard InChI is InChI=1S/C28H24N12O4/c29-39-37-19-11-21-25(41)31-9-3-1-2-4-10-32-26(42)22-12-20(38-40-30)14-24(36-22)28(44)34-16-18-7-5-17(6-8-18)15-33-27(43)23(13-19)35-21/h1-8,11-14H,9-10,15-16H2,(H,31,41)(H,32,42)(H,33,43)(H,34,44). The summed E-state index contributed by atoms with van der Waals surface area (Å²) in [5.41, 5.74) is 18.8. The van der Waals surface area contributed by atoms with E-state index in [2.05, 4.69) is 51.3 Å². The number of carbonyl (C=O) groups is 4. The molecule has 0 radical (unpaired) electrons. The normalized spacial score (nSPS) is 14.3. The largest absolute Gasteiger partial charge is 0.347 e. The van der Waals surface area contributed by atoms with Crippen LogP contribution in [0.1, 0.15) is 53.1 Å². The van der Waals surface area contributed by atoms with Crippen molar-refractivity contribution in [3.63, 3.8) is 0 Å². The lowest BCUT2D eigenvalue weighted by molar-refractivity contribution is 0.0928. The summed E-state index contributed by atoms with van der Waals surface area (Å²) >= 11 is 0. The Morgan fingerprint density at radius 3 is 1.25 bits per heavy atom. The summed E-state index contributed by atoms with van der Waals surface area (Å²) in [6, 6.07) is 12.1. The Kier molecular flexibility index (Phi) is 10.3. The number of hydrogen-bond acceptors (Lipinski definition) is 8. The number of pyridine rings is 2. The summed E-state index contributed by atoms with van der Waals surface area (Å²) in [5, 5.41) is 17.7. The lowest BCUT2D eigenvalue weighted by Crippen LogP contribution is -2.28. The molecule has 0 saturated heterocycles. The maximum Gasteiger partial charge on any atom is 0.270 e. The second kappa shape index (κ2) is 14.9. The van der Waals surface area contributed by atoms with E-state index in [9.17, 15) is 19.2 Å². The van der Waals surface area contributed by atoms with E-state index >= 15 is 0 Å². The van der Waals surface area contributed by atoms with Crippen LogP contribution in [0, 0.1) is 0 Å². The number of hydrogen-bond donors (Lipinski definition) is 4. The van der Waals surface area contributed by atoms with Crippen LogP contribution in [0.4, 0.5) is 11.4 Å². The lowest BCUT2D eigenvalue weighted by atomic mass is 10.1. The molecule has 2 aliphatic heterocycles. The zero-order valence-corrected chi connectivity index (χ0v) is 23.0. The number of nitrogens with one attached hydrogen (secondary N) is 4. The van der Waals surface area contributed by atoms with Gasteiger partial charge < -0.3 is 21.3 Å². The average molecular weight is 593 g/mol. The van der Waals surface area contributed by atoms with Crippen molar-refractivity contribution in [3.05, 3.63) is 128 Å². The molecule has 0 fully saturated rings. The SMILES string of the molecule is [N-]=[N+]=Nc1cc2nc(c1)C(=O)NCc1ccc(cc1)CNC(=O)c1cc(N=[N+]=[N-])cc(n1)C(=O)NCC=CC=CCNC2=O. The van der Waals surface area contributed by atoms with Gasteiger partial charge in [0.05, 0.1) is 0 Å². The van der Waals surface area contributed by atoms with Crippen molar-refractivity contribution in [2.75, 3.05) is 13.1 Å². The summed E-state index contributed by atoms with van der Waals surface area (Å²) in [6.07, 6.45) is 6.53. The minimum atomic E-state index is -0.589. The fourth-order valence-electron chi connectivity index (χ4n) is 3.81. The Hall–Kier alpha value is -6.50. The van der Waals surface area contributed by atoms with Crippen molar-refractivity contribution in [3.8, 4) is 0 Å². The van der Waals surface area contributed by atoms with Crippen LogP contribution in [-0.4, -0.2) is 46.7 Å². The molecular weight excluding hydrogens is 568 g/mol. The second-order valence-corrected chi connectivity index (χ2v) is 9.03. The van der Waals surface area contributed by atoms with Crippen molar-refractivity contribution in [1.29, 1.82) is 0 Å². The number of fused-ring (bicyclic) bond motifs is 13. The zero-order chi connectivity index (χ0) is 31.3. The van der Waals surface area contributed by atoms with Gasteiger partial charge in [-0.2, -0.15) is 0 Å². The molecule has 1 aromatic carbocycles. The van der Waals surface area contributed by atoms with Crippen LogP contribution >= 0.6 is 0 Å². The van der Waals surface area contributed by atoms with Gasteiger partial charge >= 0.3 is 0 Å². The van der Waals surface area contributed by atoms with Gasteiger partial charge in [0.2, 0.25) is 0 Å². The number of benzene rings is 1. The first kappa shape index (κ1) is 30.5. The highest BCUT2D eigenvalue weighted by molar-refractivity contribution is 5.98. The molecule has 0 saturated carbocycles. The zero-order valence-electron chi connectivity index (χ0n) is 23.0. The van der Waals surface area contributed by atoms with Gasteiger partial charge in [-0.15, -0.1) is 0 Å². The van der Waals surface area contributed by atoms with Gasteiger partial charge in [-0.05, 0) is 46.5 Å². The van der Waals surface area contributed by atoms with E-state index in [4.69, 9.17) is 11.1 Å². The third-order valence-electron chi connectivity index (χ3n) is 5.94. The number of carbonyl (C=O) groups excluding carboxylic acids is 4. The molecule has 220 valence electrons. The Bertz CT molecular complexity index is 1630. The van der Waals surface area contributed by atoms with Crippen molar-refractivity contribution in [1.82, 2.24) is 31.2 Å². The van der Waals surface area contributed by atoms with Crippen LogP contribution in [-0.2, 0) is 13.1 Å². The second-order valence-electron chi connectivity index (χ2n) is 9.03. The van der Waals surface area contributed by atoms with Crippen LogP contribution in [0.2, 0.25) is 0 Å². The van der Waals surface area contributed by atoms with Crippen LogP contribution in [0.5, 0.6) is 0 Å². The predicted octanol–water partition coefficient (Wildman–Crippen LogP) is 3.81. The highest BCUT2D eigenvalue weighted by Crippen LogP contribution is 2.17. The third kappa shape index (κ3) is 8.50. The van der Waals surface area contributed by atoms with Crippen LogP contribution in [0.15, 0.2) is 83.1 Å². The molecule has 4 heterocycles. The summed E-state index contributed by atoms with van der Waals surface area (Å²) in [6.45, 7) is 0.475. The highest BCUT2D eigenvalue weighted by atomic mass is 16.2. The fraction of sp³-hybridized carbons (Fsp3) is 0.143. The molecule has 0 spiro atoms. The monoisotopic (exact) mass is 592 g/mol. The molecule has 0 atom stereocenters. The molecule has 3 aromatic rings. The lowest BCUT2D eigenvalue weighted by Gasteiger charge is -2.10. The molecule has 6 bridgehead atoms. The molecule has 4 amide bonds. The number of allylic oxidation sites excluding steroid dienone is 2. The van der Waals surface area contributed by atoms with Gasteiger partial charge in [-0.25, -0.2) is 9.97 Å². The Balaban J connectivity index is 1.59. The van der Waals surface area contributed by atoms with Crippen molar-refractivity contribution < 1.29 is 19.2 Å². The smallest absolute Gasteiger partial charge is 0.270 e. The van der Waals surface area contributed by atoms with Crippen molar-refractivity contribution in [2.45, 2.75) is 13.1 Å². The summed E-state index contributed by atoms with van der Waals surface area (Å²) in [4.78, 5) is 64.7. The first-order chi connectivity index (χ1) is 21.4. The number of aromatic nitrogens is 2. The number of rotatable bonds is 2. The number of amides is 4. The quantitative estimate of drug-likeness (QED) is 0.196. The van der Waals surface area contributed by atoms with Crippen LogP contribution in [0.3, 0.4) is 0 Å². The number of nitrogens with zero attached hydrogens (tertiary/aromatic N) is 8. The van der Waals surface area contributed by atoms with Gasteiger partial charge in [0.1, 0.15) is 22.8 Å². The first-order valence-electron chi connectivity index (χ1n) is 13.0. The number of azide groups is 2. The van der Waals surface area contributed by atoms with E-state index in [0.717, 1.165) is 11.1 Å². The van der Waals surface area contributed by atoms with Gasteiger partial charge in [-0.3, -0.25) is 19.2 Å². The minimum Gasteiger partial charge on any atom is -0.347 e. The van der Waals surface area contributed by atoms with Crippen LogP contribution < -0.4 is 21.3 Å². The van der Waals surface area contributed by atoms with Gasteiger partial charge in [0.25, 0.3) is 23.6 Å². The van der Waals surface area contributed by atoms with E-state index in [-0.39, 0.29) is 60.3 Å². The van der Waals surface area contributed by atoms with Crippen LogP contribution in [0.25, 0.3) is 20.9 Å². The summed E-state index contributed by atoms with van der Waals surface area (Å²) in [7, 11) is 0. The maximum absolute atomic E-state index is 12.8. The van der Waals surface area contributed by atoms with Gasteiger partial charge in [0, 0.05) is 47.4 Å². The van der Waals surface area contributed by atoms with E-state index in [1.165, 1.54) is 24.3 Å². The molecule has 2 aliphatic rings. The maximum atomic E-state index is 12.8. The minimum absolute atomic E-state index is 0.0493. The molecule has 0 unspecified atom stereocenters. The Morgan fingerprint density at radius 2 is 0.909 bits per heavy atom. The molecule has 0 aliphatic carbocycles. The molecule has 4 N–H and O–H groups in total. The van der Waals surface area contributed by atoms with Gasteiger partial charge in [0.15, 0.2) is 0 Å². The Morgan fingerprint density at radius 1 is 0.568 bits per heavy atom. The third-order valence-corrected chi connectivity index (χ3v) is 5.94. The molecule has 5 rings (SSSR count). The topological polar surface area (TPSA) is 240 Å². The van der Waals surface area contributed by atoms with Crippen molar-refractivity contribution in [2.24, 2.45) is 10.2 Å². The fourth-order valence-corrected chi connectivity index (χ4v) is 3.81. The van der Waals surface area contributed by atoms with E-state index in [0.29, 0.717) is 0 Å². The van der Waals surface area contributed by atoms with Gasteiger partial charge in [-0.1, -0.05) is 58.8 Å². The summed E-state index contributed by atoms with van der Waals surface area (Å²) in [5.74, 6) is -2.35. The van der Waals surface area contributed by atoms with E-state index < -0.39 is 23.6 Å². The molecular formula is C28H24N12O4. The van der Waals surface area contributed by atoms with E-state index in [1.807, 2.05) is 0 Å². The predicted molar refractivity (Wildman–Crippen MR) is 158 cm³/mol. The van der Waals surface area contributed by atoms with E-state index in [1.54, 1.807) is 48.6 Å². The highest BCUT2D eigenvalue weighted by Gasteiger charge is 2.16. The molecule has 16 heteroatoms. The Labute approximate surface area is 249 Å². The molecule has 16 nitrogen and oxygen atoms in total. The average Bonchev–Trinajstić information content (AvgIpc) is 3.03. The molecule has 44 heavy (non-hydrogen) atoms. The summed E-state index contributed by atoms with van der Waals surface area (Å²) < 4.78 is 0. The van der Waals surface area contributed by atoms with Crippen molar-refractivity contribution >= 4 is 35.0 Å². The molecule has 2 aromatic heterocycles.